The van der Waals surface area contributed by atoms with Crippen molar-refractivity contribution in [2.24, 2.45) is 0 Å². The van der Waals surface area contributed by atoms with Crippen LogP contribution in [-0.4, -0.2) is 70.2 Å². The lowest BCUT2D eigenvalue weighted by Gasteiger charge is -2.43. The minimum atomic E-state index is -10.2. The van der Waals surface area contributed by atoms with Crippen LogP contribution in [0, 0.1) is 5.82 Å². The van der Waals surface area contributed by atoms with Gasteiger partial charge in [-0.15, -0.1) is 0 Å². The molecule has 1 aliphatic carbocycles. The topological polar surface area (TPSA) is 101 Å². The molecule has 2 bridgehead atoms. The van der Waals surface area contributed by atoms with Crippen LogP contribution in [0.5, 0.6) is 0 Å². The number of hydrogen-bond donors (Lipinski definition) is 1. The summed E-state index contributed by atoms with van der Waals surface area (Å²) in [5.74, 6) is -6.06. The molecule has 1 saturated carbocycles. The quantitative estimate of drug-likeness (QED) is 0.300. The molecule has 3 amide bonds. The number of fused-ring (bicyclic) bond motifs is 2. The maximum atomic E-state index is 14.8. The first-order chi connectivity index (χ1) is 21.9. The fraction of sp³-hybridized carbons (Fsp3) is 0.533. The van der Waals surface area contributed by atoms with Crippen molar-refractivity contribution < 1.29 is 56.5 Å². The maximum absolute atomic E-state index is 14.8. The Bertz CT molecular complexity index is 1600. The Morgan fingerprint density at radius 1 is 1.06 bits per heavy atom. The number of carbonyl (C=O) groups is 3. The summed E-state index contributed by atoms with van der Waals surface area (Å²) < 4.78 is 122. The summed E-state index contributed by atoms with van der Waals surface area (Å²) in [6.07, 6.45) is -1.38. The number of nitrogens with one attached hydrogen (secondary N) is 1. The molecule has 1 N–H and O–H groups in total. The third-order valence-electron chi connectivity index (χ3n) is 8.43. The zero-order valence-corrected chi connectivity index (χ0v) is 26.9. The van der Waals surface area contributed by atoms with Crippen LogP contribution in [0.2, 0.25) is 0 Å². The monoisotopic (exact) mass is 714 g/mol. The van der Waals surface area contributed by atoms with Gasteiger partial charge in [0.2, 0.25) is 11.8 Å². The summed E-state index contributed by atoms with van der Waals surface area (Å²) in [5, 5.41) is 2.58. The summed E-state index contributed by atoms with van der Waals surface area (Å²) >= 11 is 0. The SMILES string of the molecule is CC(C)(C)OC(=O)N1CC2CC1(C(=O)N(c1ccc(S(F)(F)(F)(F)F)cc1)C(C(=O)NC1CCC(F)(F)CC1)c1cncc(F)c1)CO2. The van der Waals surface area contributed by atoms with E-state index in [4.69, 9.17) is 9.47 Å². The Labute approximate surface area is 270 Å². The van der Waals surface area contributed by atoms with Crippen molar-refractivity contribution in [2.45, 2.75) is 93.0 Å². The van der Waals surface area contributed by atoms with Crippen molar-refractivity contribution >= 4 is 33.8 Å². The molecule has 18 heteroatoms. The van der Waals surface area contributed by atoms with Gasteiger partial charge in [0, 0.05) is 42.8 Å². The second-order valence-electron chi connectivity index (χ2n) is 13.4. The zero-order valence-electron chi connectivity index (χ0n) is 26.0. The molecule has 2 aromatic rings. The molecule has 9 nitrogen and oxygen atoms in total. The second kappa shape index (κ2) is 11.2. The van der Waals surface area contributed by atoms with Crippen LogP contribution in [-0.2, 0) is 19.1 Å². The number of aromatic nitrogens is 1. The Hall–Kier alpha value is -3.67. The number of amides is 3. The van der Waals surface area contributed by atoms with Gasteiger partial charge in [-0.05, 0) is 63.9 Å². The van der Waals surface area contributed by atoms with Gasteiger partial charge in [-0.2, -0.15) is 0 Å². The molecule has 2 aliphatic heterocycles. The molecular formula is C30H34F8N4O5S. The van der Waals surface area contributed by atoms with E-state index < -0.39 is 99.2 Å². The van der Waals surface area contributed by atoms with E-state index in [-0.39, 0.29) is 43.5 Å². The highest BCUT2D eigenvalue weighted by Gasteiger charge is 2.66. The Morgan fingerprint density at radius 3 is 2.23 bits per heavy atom. The number of halogens is 8. The van der Waals surface area contributed by atoms with Gasteiger partial charge in [-0.25, -0.2) is 18.0 Å². The molecule has 266 valence electrons. The highest BCUT2D eigenvalue weighted by molar-refractivity contribution is 8.45. The van der Waals surface area contributed by atoms with Gasteiger partial charge in [-0.3, -0.25) is 24.4 Å². The number of anilines is 1. The molecule has 3 fully saturated rings. The first-order valence-electron chi connectivity index (χ1n) is 15.0. The number of hydrogen-bond acceptors (Lipinski definition) is 6. The first-order valence-corrected chi connectivity index (χ1v) is 16.9. The van der Waals surface area contributed by atoms with E-state index in [0.29, 0.717) is 17.0 Å². The standard InChI is InChI=1S/C30H34F8N4O5S/c1-28(2,3)47-27(45)41-16-22-13-29(41,17-46-22)26(44)42(21-4-6-23(7-5-21)48(34,35,36,37)38)24(18-12-19(31)15-39-14-18)25(43)40-20-8-10-30(32,33)11-9-20/h4-7,12,14-15,20,22,24H,8-11,13,16-17H2,1-3H3,(H,40,43). The molecule has 3 unspecified atom stereocenters. The lowest BCUT2D eigenvalue weighted by atomic mass is 9.91. The molecule has 1 aromatic carbocycles. The first kappa shape index (κ1) is 35.6. The van der Waals surface area contributed by atoms with Gasteiger partial charge in [0.25, 0.3) is 5.91 Å². The molecular weight excluding hydrogens is 680 g/mol. The number of alkyl halides is 2. The smallest absolute Gasteiger partial charge is 0.411 e. The van der Waals surface area contributed by atoms with Crippen molar-refractivity contribution in [3.8, 4) is 0 Å². The molecule has 5 rings (SSSR count). The van der Waals surface area contributed by atoms with Crippen molar-refractivity contribution in [1.29, 1.82) is 0 Å². The minimum absolute atomic E-state index is 0.0467. The largest absolute Gasteiger partial charge is 0.444 e. The summed E-state index contributed by atoms with van der Waals surface area (Å²) in [6.45, 7) is 4.18. The van der Waals surface area contributed by atoms with Crippen LogP contribution < -0.4 is 10.2 Å². The van der Waals surface area contributed by atoms with Gasteiger partial charge in [0.1, 0.15) is 22.4 Å². The van der Waals surface area contributed by atoms with E-state index in [2.05, 4.69) is 10.3 Å². The summed E-state index contributed by atoms with van der Waals surface area (Å²) in [7, 11) is -10.2. The van der Waals surface area contributed by atoms with Gasteiger partial charge in [0.15, 0.2) is 5.54 Å². The number of pyridine rings is 1. The van der Waals surface area contributed by atoms with Crippen molar-refractivity contribution in [1.82, 2.24) is 15.2 Å². The van der Waals surface area contributed by atoms with Gasteiger partial charge in [0.05, 0.1) is 25.5 Å². The zero-order chi connectivity index (χ0) is 35.6. The number of rotatable bonds is 7. The number of nitrogens with zero attached hydrogens (tertiary/aromatic N) is 3. The van der Waals surface area contributed by atoms with E-state index in [1.54, 1.807) is 20.8 Å². The molecule has 1 aromatic heterocycles. The number of ether oxygens (including phenoxy) is 2. The average Bonchev–Trinajstić information content (AvgIpc) is 3.55. The predicted octanol–water partition coefficient (Wildman–Crippen LogP) is 7.42. The predicted molar refractivity (Wildman–Crippen MR) is 158 cm³/mol. The summed E-state index contributed by atoms with van der Waals surface area (Å²) in [4.78, 5) is 45.5. The number of benzene rings is 1. The van der Waals surface area contributed by atoms with E-state index >= 15 is 0 Å². The lowest BCUT2D eigenvalue weighted by Crippen LogP contribution is -2.63. The molecule has 0 spiro atoms. The molecule has 0 radical (unpaired) electrons. The van der Waals surface area contributed by atoms with Gasteiger partial charge < -0.3 is 14.8 Å². The van der Waals surface area contributed by atoms with Crippen molar-refractivity contribution in [2.75, 3.05) is 18.1 Å². The van der Waals surface area contributed by atoms with Crippen LogP contribution in [0.15, 0.2) is 47.6 Å². The summed E-state index contributed by atoms with van der Waals surface area (Å²) in [5.41, 5.74) is -3.69. The molecule has 3 atom stereocenters. The fourth-order valence-electron chi connectivity index (χ4n) is 6.20. The minimum Gasteiger partial charge on any atom is -0.444 e. The number of likely N-dealkylation sites (tertiary alicyclic amines) is 1. The van der Waals surface area contributed by atoms with E-state index in [0.717, 1.165) is 23.4 Å². The van der Waals surface area contributed by atoms with Crippen LogP contribution in [0.1, 0.15) is 64.5 Å². The average molecular weight is 715 g/mol. The van der Waals surface area contributed by atoms with Crippen LogP contribution in [0.3, 0.4) is 0 Å². The Kier molecular flexibility index (Phi) is 8.30. The van der Waals surface area contributed by atoms with Gasteiger partial charge >= 0.3 is 16.3 Å². The van der Waals surface area contributed by atoms with Crippen LogP contribution in [0.4, 0.5) is 43.1 Å². The Morgan fingerprint density at radius 2 is 1.69 bits per heavy atom. The Balaban J connectivity index is 1.64. The summed E-state index contributed by atoms with van der Waals surface area (Å²) in [6, 6.07) is -0.719. The van der Waals surface area contributed by atoms with E-state index in [9.17, 15) is 47.0 Å². The van der Waals surface area contributed by atoms with Crippen molar-refractivity contribution in [3.05, 3.63) is 54.1 Å². The fourth-order valence-corrected chi connectivity index (χ4v) is 6.85. The highest BCUT2D eigenvalue weighted by Crippen LogP contribution is 3.02. The second-order valence-corrected chi connectivity index (χ2v) is 15.8. The third kappa shape index (κ3) is 7.48. The molecule has 48 heavy (non-hydrogen) atoms. The normalized spacial score (nSPS) is 24.7. The third-order valence-corrected chi connectivity index (χ3v) is 9.59. The molecule has 3 aliphatic rings. The van der Waals surface area contributed by atoms with Gasteiger partial charge in [-0.1, -0.05) is 19.4 Å². The van der Waals surface area contributed by atoms with Crippen molar-refractivity contribution in [3.63, 3.8) is 0 Å². The van der Waals surface area contributed by atoms with E-state index in [1.807, 2.05) is 0 Å². The van der Waals surface area contributed by atoms with E-state index in [1.165, 1.54) is 0 Å². The van der Waals surface area contributed by atoms with Crippen LogP contribution in [0.25, 0.3) is 0 Å². The number of morpholine rings is 1. The number of carbonyl (C=O) groups excluding carboxylic acids is 3. The molecule has 2 saturated heterocycles. The molecule has 3 heterocycles. The maximum Gasteiger partial charge on any atom is 0.411 e. The highest BCUT2D eigenvalue weighted by atomic mass is 32.5. The lowest BCUT2D eigenvalue weighted by molar-refractivity contribution is -0.135. The van der Waals surface area contributed by atoms with Crippen LogP contribution >= 0.6 is 10.2 Å².